The molecule has 0 amide bonds. The van der Waals surface area contributed by atoms with E-state index >= 15 is 4.39 Å². The van der Waals surface area contributed by atoms with Crippen LogP contribution >= 0.6 is 0 Å². The van der Waals surface area contributed by atoms with Crippen LogP contribution in [0, 0.1) is 18.6 Å². The van der Waals surface area contributed by atoms with Crippen LogP contribution in [-0.2, 0) is 6.42 Å². The van der Waals surface area contributed by atoms with Crippen LogP contribution in [0.4, 0.5) is 8.78 Å². The van der Waals surface area contributed by atoms with Gasteiger partial charge in [-0.25, -0.2) is 18.7 Å². The Morgan fingerprint density at radius 1 is 0.925 bits per heavy atom. The molecule has 0 saturated heterocycles. The third-order valence-corrected chi connectivity index (χ3v) is 6.09. The van der Waals surface area contributed by atoms with Gasteiger partial charge in [-0.1, -0.05) is 6.07 Å². The number of halogens is 2. The summed E-state index contributed by atoms with van der Waals surface area (Å²) < 4.78 is 46.0. The van der Waals surface area contributed by atoms with Crippen LogP contribution in [0.15, 0.2) is 71.8 Å². The molecule has 5 rings (SSSR count). The first-order valence-corrected chi connectivity index (χ1v) is 12.0. The van der Waals surface area contributed by atoms with E-state index in [1.807, 2.05) is 0 Å². The Labute approximate surface area is 226 Å². The standard InChI is InChI=1S/C29H22F2N4O5/c1-16-15-33-27(29(37)35(16)19-7-5-18(30)6-8-19)22(36)13-17-4-9-23(20(31)12-17)40-24-10-11-32-21-14-25(38-2)28(39-3)34-26(21)24/h4-12,14-15H,13H2,1-3H3. The van der Waals surface area contributed by atoms with Crippen molar-refractivity contribution < 1.29 is 27.8 Å². The number of Topliss-reactive ketones (excluding diaryl/α,β-unsaturated/α-hetero) is 1. The van der Waals surface area contributed by atoms with Crippen LogP contribution in [0.2, 0.25) is 0 Å². The molecule has 3 aromatic heterocycles. The van der Waals surface area contributed by atoms with Crippen LogP contribution in [0.1, 0.15) is 21.7 Å². The van der Waals surface area contributed by atoms with E-state index in [9.17, 15) is 14.0 Å². The minimum absolute atomic E-state index is 0.104. The normalized spacial score (nSPS) is 10.9. The molecule has 0 atom stereocenters. The van der Waals surface area contributed by atoms with Gasteiger partial charge in [-0.3, -0.25) is 19.1 Å². The summed E-state index contributed by atoms with van der Waals surface area (Å²) in [5, 5.41) is 0. The van der Waals surface area contributed by atoms with Crippen LogP contribution in [0.3, 0.4) is 0 Å². The van der Waals surface area contributed by atoms with E-state index in [4.69, 9.17) is 14.2 Å². The number of methoxy groups -OCH3 is 2. The van der Waals surface area contributed by atoms with Crippen molar-refractivity contribution in [3.63, 3.8) is 0 Å². The fourth-order valence-electron chi connectivity index (χ4n) is 4.15. The van der Waals surface area contributed by atoms with Crippen molar-refractivity contribution in [2.45, 2.75) is 13.3 Å². The number of rotatable bonds is 8. The van der Waals surface area contributed by atoms with Crippen LogP contribution in [-0.4, -0.2) is 39.5 Å². The maximum absolute atomic E-state index is 15.1. The zero-order valence-corrected chi connectivity index (χ0v) is 21.6. The zero-order chi connectivity index (χ0) is 28.4. The van der Waals surface area contributed by atoms with Gasteiger partial charge in [-0.2, -0.15) is 0 Å². The monoisotopic (exact) mass is 544 g/mol. The Morgan fingerprint density at radius 3 is 2.40 bits per heavy atom. The number of benzene rings is 2. The highest BCUT2D eigenvalue weighted by molar-refractivity contribution is 5.95. The van der Waals surface area contributed by atoms with Gasteiger partial charge in [0, 0.05) is 42.3 Å². The lowest BCUT2D eigenvalue weighted by Gasteiger charge is -2.12. The molecule has 0 aliphatic carbocycles. The van der Waals surface area contributed by atoms with Crippen molar-refractivity contribution in [2.75, 3.05) is 14.2 Å². The van der Waals surface area contributed by atoms with Gasteiger partial charge in [0.25, 0.3) is 11.4 Å². The van der Waals surface area contributed by atoms with Gasteiger partial charge in [0.2, 0.25) is 0 Å². The summed E-state index contributed by atoms with van der Waals surface area (Å²) in [5.74, 6) is -1.05. The highest BCUT2D eigenvalue weighted by atomic mass is 19.1. The lowest BCUT2D eigenvalue weighted by atomic mass is 10.1. The molecule has 0 N–H and O–H groups in total. The second-order valence-corrected chi connectivity index (χ2v) is 8.71. The van der Waals surface area contributed by atoms with Crippen molar-refractivity contribution in [2.24, 2.45) is 0 Å². The fourth-order valence-corrected chi connectivity index (χ4v) is 4.15. The van der Waals surface area contributed by atoms with Crippen LogP contribution < -0.4 is 19.8 Å². The van der Waals surface area contributed by atoms with Crippen molar-refractivity contribution in [1.82, 2.24) is 19.5 Å². The molecule has 202 valence electrons. The molecule has 2 aromatic carbocycles. The number of hydrogen-bond donors (Lipinski definition) is 0. The smallest absolute Gasteiger partial charge is 0.284 e. The zero-order valence-electron chi connectivity index (χ0n) is 21.6. The summed E-state index contributed by atoms with van der Waals surface area (Å²) in [7, 11) is 2.92. The van der Waals surface area contributed by atoms with Gasteiger partial charge in [0.05, 0.1) is 19.7 Å². The van der Waals surface area contributed by atoms with Gasteiger partial charge in [-0.05, 0) is 48.9 Å². The molecule has 40 heavy (non-hydrogen) atoms. The van der Waals surface area contributed by atoms with E-state index in [0.29, 0.717) is 33.7 Å². The molecule has 0 spiro atoms. The topological polar surface area (TPSA) is 105 Å². The molecule has 11 heteroatoms. The molecule has 0 unspecified atom stereocenters. The average Bonchev–Trinajstić information content (AvgIpc) is 2.94. The summed E-state index contributed by atoms with van der Waals surface area (Å²) in [6.45, 7) is 1.65. The maximum atomic E-state index is 15.1. The number of hydrogen-bond acceptors (Lipinski definition) is 8. The molecule has 0 aliphatic heterocycles. The first-order chi connectivity index (χ1) is 19.3. The Kier molecular flexibility index (Phi) is 7.19. The molecular weight excluding hydrogens is 522 g/mol. The van der Waals surface area contributed by atoms with Gasteiger partial charge >= 0.3 is 0 Å². The first-order valence-electron chi connectivity index (χ1n) is 12.0. The molecule has 9 nitrogen and oxygen atoms in total. The van der Waals surface area contributed by atoms with E-state index in [0.717, 1.165) is 6.07 Å². The van der Waals surface area contributed by atoms with E-state index in [1.54, 1.807) is 13.0 Å². The van der Waals surface area contributed by atoms with E-state index in [2.05, 4.69) is 15.0 Å². The Balaban J connectivity index is 1.40. The number of ketones is 1. The summed E-state index contributed by atoms with van der Waals surface area (Å²) in [4.78, 5) is 38.7. The van der Waals surface area contributed by atoms with Gasteiger partial charge in [0.1, 0.15) is 11.3 Å². The van der Waals surface area contributed by atoms with Crippen molar-refractivity contribution in [3.05, 3.63) is 106 Å². The largest absolute Gasteiger partial charge is 0.491 e. The van der Waals surface area contributed by atoms with E-state index < -0.39 is 23.0 Å². The minimum atomic E-state index is -0.726. The molecule has 0 bridgehead atoms. The van der Waals surface area contributed by atoms with Crippen LogP contribution in [0.25, 0.3) is 16.7 Å². The number of fused-ring (bicyclic) bond motifs is 1. The number of nitrogens with zero attached hydrogens (tertiary/aromatic N) is 4. The lowest BCUT2D eigenvalue weighted by Crippen LogP contribution is -2.29. The second-order valence-electron chi connectivity index (χ2n) is 8.71. The third-order valence-electron chi connectivity index (χ3n) is 6.09. The van der Waals surface area contributed by atoms with E-state index in [1.165, 1.54) is 73.6 Å². The molecular formula is C29H22F2N4O5. The highest BCUT2D eigenvalue weighted by Crippen LogP contribution is 2.34. The van der Waals surface area contributed by atoms with Gasteiger partial charge < -0.3 is 14.2 Å². The summed E-state index contributed by atoms with van der Waals surface area (Å²) in [6, 6.07) is 12.5. The molecule has 0 aliphatic rings. The van der Waals surface area contributed by atoms with E-state index in [-0.39, 0.29) is 29.5 Å². The number of carbonyl (C=O) groups excluding carboxylic acids is 1. The van der Waals surface area contributed by atoms with Crippen molar-refractivity contribution in [3.8, 4) is 28.8 Å². The van der Waals surface area contributed by atoms with Gasteiger partial charge in [-0.15, -0.1) is 0 Å². The van der Waals surface area contributed by atoms with Crippen LogP contribution in [0.5, 0.6) is 23.1 Å². The number of pyridine rings is 2. The number of carbonyl (C=O) groups is 1. The highest BCUT2D eigenvalue weighted by Gasteiger charge is 2.19. The summed E-state index contributed by atoms with van der Waals surface area (Å²) in [6.07, 6.45) is 2.60. The fraction of sp³-hybridized carbons (Fsp3) is 0.138. The Hall–Kier alpha value is -5.19. The molecule has 3 heterocycles. The molecule has 0 radical (unpaired) electrons. The Morgan fingerprint density at radius 2 is 1.70 bits per heavy atom. The maximum Gasteiger partial charge on any atom is 0.284 e. The number of ether oxygens (including phenoxy) is 3. The number of aromatic nitrogens is 4. The van der Waals surface area contributed by atoms with Gasteiger partial charge in [0.15, 0.2) is 34.5 Å². The minimum Gasteiger partial charge on any atom is -0.491 e. The van der Waals surface area contributed by atoms with Crippen molar-refractivity contribution in [1.29, 1.82) is 0 Å². The Bertz CT molecular complexity index is 1810. The summed E-state index contributed by atoms with van der Waals surface area (Å²) in [5.41, 5.74) is 0.998. The third kappa shape index (κ3) is 5.08. The number of aryl methyl sites for hydroxylation is 1. The molecule has 0 saturated carbocycles. The SMILES string of the molecule is COc1cc2nccc(Oc3ccc(CC(=O)c4ncc(C)n(-c5ccc(F)cc5)c4=O)cc3F)c2nc1OC. The quantitative estimate of drug-likeness (QED) is 0.252. The summed E-state index contributed by atoms with van der Waals surface area (Å²) >= 11 is 0. The van der Waals surface area contributed by atoms with Crippen molar-refractivity contribution >= 4 is 16.8 Å². The predicted molar refractivity (Wildman–Crippen MR) is 142 cm³/mol. The molecule has 0 fully saturated rings. The average molecular weight is 545 g/mol. The first kappa shape index (κ1) is 26.4. The lowest BCUT2D eigenvalue weighted by molar-refractivity contribution is 0.0986. The predicted octanol–water partition coefficient (Wildman–Crippen LogP) is 5.00. The second kappa shape index (κ2) is 10.9. The molecule has 5 aromatic rings.